The van der Waals surface area contributed by atoms with Gasteiger partial charge in [0.05, 0.1) is 19.3 Å². The summed E-state index contributed by atoms with van der Waals surface area (Å²) in [6, 6.07) is 0.416. The normalized spacial score (nSPS) is 40.0. The Labute approximate surface area is 113 Å². The van der Waals surface area contributed by atoms with E-state index in [-0.39, 0.29) is 0 Å². The largest absolute Gasteiger partial charge is 0.481 e. The number of carbonyl (C=O) groups is 1. The maximum Gasteiger partial charge on any atom is 0.313 e. The first-order chi connectivity index (χ1) is 9.21. The number of ether oxygens (including phenoxy) is 2. The van der Waals surface area contributed by atoms with E-state index in [9.17, 15) is 9.90 Å². The molecule has 0 bridgehead atoms. The van der Waals surface area contributed by atoms with E-state index in [0.717, 1.165) is 26.0 Å². The summed E-state index contributed by atoms with van der Waals surface area (Å²) < 4.78 is 11.2. The van der Waals surface area contributed by atoms with Crippen molar-refractivity contribution in [3.8, 4) is 0 Å². The number of fused-ring (bicyclic) bond motifs is 1. The zero-order chi connectivity index (χ0) is 13.3. The molecule has 0 spiro atoms. The number of aliphatic carboxylic acids is 1. The fraction of sp³-hybridized carbons (Fsp3) is 0.929. The van der Waals surface area contributed by atoms with Crippen LogP contribution in [-0.2, 0) is 14.3 Å². The quantitative estimate of drug-likeness (QED) is 0.832. The number of morpholine rings is 1. The van der Waals surface area contributed by atoms with Gasteiger partial charge in [-0.25, -0.2) is 0 Å². The summed E-state index contributed by atoms with van der Waals surface area (Å²) in [5, 5.41) is 9.55. The lowest BCUT2D eigenvalue weighted by Crippen LogP contribution is -2.56. The SMILES string of the molecule is O=C(O)C1(CN2CCOC3CCCCC32)CCOC1. The van der Waals surface area contributed by atoms with E-state index in [4.69, 9.17) is 9.47 Å². The van der Waals surface area contributed by atoms with Gasteiger partial charge in [0.25, 0.3) is 0 Å². The second-order valence-electron chi connectivity index (χ2n) is 6.12. The molecule has 1 saturated carbocycles. The van der Waals surface area contributed by atoms with E-state index >= 15 is 0 Å². The molecule has 3 aliphatic rings. The van der Waals surface area contributed by atoms with Crippen LogP contribution in [0.5, 0.6) is 0 Å². The molecule has 3 unspecified atom stereocenters. The highest BCUT2D eigenvalue weighted by Crippen LogP contribution is 2.35. The Balaban J connectivity index is 1.71. The molecular weight excluding hydrogens is 246 g/mol. The lowest BCUT2D eigenvalue weighted by Gasteiger charge is -2.46. The Hall–Kier alpha value is -0.650. The molecular formula is C14H23NO4. The number of rotatable bonds is 3. The summed E-state index contributed by atoms with van der Waals surface area (Å²) in [6.07, 6.45) is 5.69. The molecule has 5 heteroatoms. The highest BCUT2D eigenvalue weighted by molar-refractivity contribution is 5.75. The molecule has 19 heavy (non-hydrogen) atoms. The highest BCUT2D eigenvalue weighted by atomic mass is 16.5. The average Bonchev–Trinajstić information content (AvgIpc) is 2.89. The minimum atomic E-state index is -0.705. The van der Waals surface area contributed by atoms with Crippen LogP contribution >= 0.6 is 0 Å². The monoisotopic (exact) mass is 269 g/mol. The van der Waals surface area contributed by atoms with Crippen LogP contribution in [-0.4, -0.2) is 61.0 Å². The molecule has 0 amide bonds. The zero-order valence-corrected chi connectivity index (χ0v) is 11.3. The predicted octanol–water partition coefficient (Wildman–Crippen LogP) is 1.12. The van der Waals surface area contributed by atoms with Crippen molar-refractivity contribution in [2.24, 2.45) is 5.41 Å². The number of hydrogen-bond donors (Lipinski definition) is 1. The van der Waals surface area contributed by atoms with Gasteiger partial charge in [-0.2, -0.15) is 0 Å². The Morgan fingerprint density at radius 3 is 2.89 bits per heavy atom. The minimum Gasteiger partial charge on any atom is -0.481 e. The smallest absolute Gasteiger partial charge is 0.313 e. The van der Waals surface area contributed by atoms with Gasteiger partial charge in [-0.15, -0.1) is 0 Å². The first kappa shape index (κ1) is 13.3. The minimum absolute atomic E-state index is 0.315. The van der Waals surface area contributed by atoms with Crippen LogP contribution in [0.3, 0.4) is 0 Å². The van der Waals surface area contributed by atoms with Crippen LogP contribution < -0.4 is 0 Å². The van der Waals surface area contributed by atoms with Gasteiger partial charge in [0.15, 0.2) is 0 Å². The Bertz CT molecular complexity index is 338. The van der Waals surface area contributed by atoms with E-state index in [1.54, 1.807) is 0 Å². The van der Waals surface area contributed by atoms with Gasteiger partial charge in [-0.05, 0) is 19.3 Å². The van der Waals surface area contributed by atoms with Crippen molar-refractivity contribution >= 4 is 5.97 Å². The van der Waals surface area contributed by atoms with Gasteiger partial charge in [-0.3, -0.25) is 9.69 Å². The van der Waals surface area contributed by atoms with E-state index in [1.165, 1.54) is 12.8 Å². The Kier molecular flexibility index (Phi) is 3.78. The summed E-state index contributed by atoms with van der Waals surface area (Å²) in [6.45, 7) is 3.14. The van der Waals surface area contributed by atoms with Gasteiger partial charge >= 0.3 is 5.97 Å². The molecule has 0 aromatic carbocycles. The Morgan fingerprint density at radius 1 is 1.32 bits per heavy atom. The van der Waals surface area contributed by atoms with Crippen molar-refractivity contribution in [3.05, 3.63) is 0 Å². The van der Waals surface area contributed by atoms with Crippen molar-refractivity contribution in [1.82, 2.24) is 4.90 Å². The predicted molar refractivity (Wildman–Crippen MR) is 69.1 cm³/mol. The highest BCUT2D eigenvalue weighted by Gasteiger charge is 2.46. The maximum atomic E-state index is 11.6. The van der Waals surface area contributed by atoms with Crippen molar-refractivity contribution in [2.45, 2.75) is 44.2 Å². The first-order valence-corrected chi connectivity index (χ1v) is 7.38. The van der Waals surface area contributed by atoms with E-state index < -0.39 is 11.4 Å². The summed E-state index contributed by atoms with van der Waals surface area (Å²) >= 11 is 0. The number of carboxylic acids is 1. The molecule has 2 heterocycles. The van der Waals surface area contributed by atoms with Crippen LogP contribution in [0.4, 0.5) is 0 Å². The molecule has 2 aliphatic heterocycles. The lowest BCUT2D eigenvalue weighted by molar-refractivity contribution is -0.154. The molecule has 3 fully saturated rings. The number of nitrogens with zero attached hydrogens (tertiary/aromatic N) is 1. The third-order valence-electron chi connectivity index (χ3n) is 4.91. The summed E-state index contributed by atoms with van der Waals surface area (Å²) in [5.74, 6) is -0.705. The fourth-order valence-electron chi connectivity index (χ4n) is 3.73. The van der Waals surface area contributed by atoms with Crippen LogP contribution in [0.15, 0.2) is 0 Å². The third-order valence-corrected chi connectivity index (χ3v) is 4.91. The van der Waals surface area contributed by atoms with Gasteiger partial charge in [0.2, 0.25) is 0 Å². The molecule has 2 saturated heterocycles. The second-order valence-corrected chi connectivity index (χ2v) is 6.12. The topological polar surface area (TPSA) is 59.0 Å². The molecule has 1 N–H and O–H groups in total. The van der Waals surface area contributed by atoms with Crippen LogP contribution in [0.25, 0.3) is 0 Å². The Morgan fingerprint density at radius 2 is 2.16 bits per heavy atom. The van der Waals surface area contributed by atoms with Crippen molar-refractivity contribution in [1.29, 1.82) is 0 Å². The molecule has 0 aromatic heterocycles. The first-order valence-electron chi connectivity index (χ1n) is 7.38. The summed E-state index contributed by atoms with van der Waals surface area (Å²) in [7, 11) is 0. The van der Waals surface area contributed by atoms with Gasteiger partial charge in [0.1, 0.15) is 5.41 Å². The summed E-state index contributed by atoms with van der Waals surface area (Å²) in [5.41, 5.74) is -0.695. The van der Waals surface area contributed by atoms with Crippen molar-refractivity contribution in [3.63, 3.8) is 0 Å². The van der Waals surface area contributed by atoms with Crippen LogP contribution in [0.2, 0.25) is 0 Å². The van der Waals surface area contributed by atoms with E-state index in [2.05, 4.69) is 4.90 Å². The number of carboxylic acid groups (broad SMARTS) is 1. The van der Waals surface area contributed by atoms with Crippen molar-refractivity contribution in [2.75, 3.05) is 32.9 Å². The van der Waals surface area contributed by atoms with Crippen LogP contribution in [0, 0.1) is 5.41 Å². The number of hydrogen-bond acceptors (Lipinski definition) is 4. The molecule has 0 radical (unpaired) electrons. The van der Waals surface area contributed by atoms with Gasteiger partial charge < -0.3 is 14.6 Å². The van der Waals surface area contributed by atoms with Crippen LogP contribution in [0.1, 0.15) is 32.1 Å². The molecule has 3 atom stereocenters. The van der Waals surface area contributed by atoms with E-state index in [1.807, 2.05) is 0 Å². The van der Waals surface area contributed by atoms with E-state index in [0.29, 0.717) is 38.3 Å². The molecule has 5 nitrogen and oxygen atoms in total. The average molecular weight is 269 g/mol. The molecule has 1 aliphatic carbocycles. The molecule has 3 rings (SSSR count). The zero-order valence-electron chi connectivity index (χ0n) is 11.3. The standard InChI is InChI=1S/C14H23NO4/c16-13(17)14(5-7-18-10-14)9-15-6-8-19-12-4-2-1-3-11(12)15/h11-12H,1-10H2,(H,16,17). The summed E-state index contributed by atoms with van der Waals surface area (Å²) in [4.78, 5) is 14.0. The van der Waals surface area contributed by atoms with Gasteiger partial charge in [-0.1, -0.05) is 12.8 Å². The molecule has 108 valence electrons. The third kappa shape index (κ3) is 2.51. The maximum absolute atomic E-state index is 11.6. The lowest BCUT2D eigenvalue weighted by atomic mass is 9.84. The van der Waals surface area contributed by atoms with Gasteiger partial charge in [0, 0.05) is 25.7 Å². The fourth-order valence-corrected chi connectivity index (χ4v) is 3.73. The second kappa shape index (κ2) is 5.38. The van der Waals surface area contributed by atoms with Crippen molar-refractivity contribution < 1.29 is 19.4 Å². The molecule has 0 aromatic rings.